The Morgan fingerprint density at radius 3 is 2.44 bits per heavy atom. The van der Waals surface area contributed by atoms with Gasteiger partial charge >= 0.3 is 5.97 Å². The number of thiazole rings is 1. The van der Waals surface area contributed by atoms with Crippen LogP contribution in [0, 0.1) is 0 Å². The summed E-state index contributed by atoms with van der Waals surface area (Å²) in [6.45, 7) is 5.64. The number of fused-ring (bicyclic) bond motifs is 2. The van der Waals surface area contributed by atoms with Crippen LogP contribution in [0.25, 0.3) is 5.57 Å². The molecule has 3 aromatic carbocycles. The Balaban J connectivity index is 1.58. The van der Waals surface area contributed by atoms with Crippen LogP contribution in [0.2, 0.25) is 0 Å². The van der Waals surface area contributed by atoms with Crippen LogP contribution < -0.4 is 24.5 Å². The number of nitrogens with zero attached hydrogens (tertiary/aromatic N) is 3. The number of carbonyl (C=O) groups is 2. The van der Waals surface area contributed by atoms with Crippen LogP contribution >= 0.6 is 27.3 Å². The highest BCUT2D eigenvalue weighted by molar-refractivity contribution is 9.10. The highest BCUT2D eigenvalue weighted by Crippen LogP contribution is 2.38. The van der Waals surface area contributed by atoms with E-state index in [2.05, 4.69) is 15.9 Å². The van der Waals surface area contributed by atoms with Gasteiger partial charge in [-0.05, 0) is 62.2 Å². The SMILES string of the molecule is COc1ccc([C@@H]2C(C(=O)OC(C)C)=C(C)N=c3s/c(=C4\C(=O)N(Cc5ccccc5)c5ccc(Br)cc54)c(=O)n32)cc1. The van der Waals surface area contributed by atoms with Gasteiger partial charge in [-0.1, -0.05) is 69.7 Å². The maximum atomic E-state index is 14.4. The van der Waals surface area contributed by atoms with Gasteiger partial charge in [0.25, 0.3) is 11.5 Å². The average Bonchev–Trinajstić information content (AvgIpc) is 3.44. The first-order chi connectivity index (χ1) is 20.7. The topological polar surface area (TPSA) is 90.2 Å². The normalized spacial score (nSPS) is 17.1. The van der Waals surface area contributed by atoms with E-state index in [1.54, 1.807) is 44.9 Å². The van der Waals surface area contributed by atoms with E-state index in [-0.39, 0.29) is 22.1 Å². The molecule has 2 aliphatic rings. The minimum atomic E-state index is -0.804. The highest BCUT2D eigenvalue weighted by atomic mass is 79.9. The van der Waals surface area contributed by atoms with Gasteiger partial charge in [0.1, 0.15) is 10.3 Å². The van der Waals surface area contributed by atoms with Crippen molar-refractivity contribution in [3.63, 3.8) is 0 Å². The van der Waals surface area contributed by atoms with Crippen molar-refractivity contribution in [2.24, 2.45) is 4.99 Å². The Labute approximate surface area is 260 Å². The molecule has 1 aromatic heterocycles. The van der Waals surface area contributed by atoms with Gasteiger partial charge < -0.3 is 14.4 Å². The number of amides is 1. The Kier molecular flexibility index (Phi) is 7.66. The molecule has 3 heterocycles. The number of methoxy groups -OCH3 is 1. The maximum Gasteiger partial charge on any atom is 0.338 e. The van der Waals surface area contributed by atoms with Crippen LogP contribution in [-0.4, -0.2) is 29.7 Å². The molecule has 4 aromatic rings. The molecule has 1 atom stereocenters. The van der Waals surface area contributed by atoms with Crippen LogP contribution in [-0.2, 0) is 20.9 Å². The van der Waals surface area contributed by atoms with Crippen molar-refractivity contribution in [2.45, 2.75) is 39.5 Å². The number of carbonyl (C=O) groups excluding carboxylic acids is 2. The largest absolute Gasteiger partial charge is 0.497 e. The monoisotopic (exact) mass is 657 g/mol. The zero-order chi connectivity index (χ0) is 30.4. The lowest BCUT2D eigenvalue weighted by molar-refractivity contribution is -0.143. The molecule has 0 N–H and O–H groups in total. The van der Waals surface area contributed by atoms with E-state index in [0.29, 0.717) is 39.5 Å². The molecule has 0 bridgehead atoms. The van der Waals surface area contributed by atoms with Crippen molar-refractivity contribution in [2.75, 3.05) is 12.0 Å². The Morgan fingerprint density at radius 1 is 1.05 bits per heavy atom. The molecular weight excluding hydrogens is 630 g/mol. The lowest BCUT2D eigenvalue weighted by Crippen LogP contribution is -2.41. The fraction of sp³-hybridized carbons (Fsp3) is 0.212. The summed E-state index contributed by atoms with van der Waals surface area (Å²) in [6, 6.07) is 21.8. The molecule has 0 fully saturated rings. The number of ether oxygens (including phenoxy) is 2. The van der Waals surface area contributed by atoms with Crippen LogP contribution in [0.4, 0.5) is 5.69 Å². The van der Waals surface area contributed by atoms with Crippen molar-refractivity contribution >= 4 is 50.4 Å². The molecule has 1 amide bonds. The third-order valence-electron chi connectivity index (χ3n) is 7.38. The summed E-state index contributed by atoms with van der Waals surface area (Å²) in [5, 5.41) is 0. The second-order valence-electron chi connectivity index (χ2n) is 10.5. The van der Waals surface area contributed by atoms with Crippen LogP contribution in [0.3, 0.4) is 0 Å². The summed E-state index contributed by atoms with van der Waals surface area (Å²) in [5.74, 6) is -0.170. The molecule has 0 aliphatic carbocycles. The highest BCUT2D eigenvalue weighted by Gasteiger charge is 2.37. The van der Waals surface area contributed by atoms with Crippen molar-refractivity contribution in [1.29, 1.82) is 0 Å². The first-order valence-electron chi connectivity index (χ1n) is 13.7. The Morgan fingerprint density at radius 2 is 1.77 bits per heavy atom. The molecule has 0 saturated carbocycles. The summed E-state index contributed by atoms with van der Waals surface area (Å²) in [6.07, 6.45) is -0.363. The summed E-state index contributed by atoms with van der Waals surface area (Å²) in [4.78, 5) is 48.8. The van der Waals surface area contributed by atoms with Gasteiger partial charge in [-0.3, -0.25) is 14.2 Å². The molecule has 218 valence electrons. The van der Waals surface area contributed by atoms with Gasteiger partial charge in [0.2, 0.25) is 0 Å². The van der Waals surface area contributed by atoms with Gasteiger partial charge in [0, 0.05) is 10.0 Å². The van der Waals surface area contributed by atoms with E-state index in [0.717, 1.165) is 27.1 Å². The zero-order valence-electron chi connectivity index (χ0n) is 24.0. The third-order valence-corrected chi connectivity index (χ3v) is 8.93. The molecule has 0 unspecified atom stereocenters. The maximum absolute atomic E-state index is 14.4. The van der Waals surface area contributed by atoms with E-state index < -0.39 is 17.6 Å². The number of aromatic nitrogens is 1. The Bertz CT molecular complexity index is 1980. The van der Waals surface area contributed by atoms with Crippen LogP contribution in [0.15, 0.2) is 98.3 Å². The standard InChI is InChI=1S/C33H28BrN3O5S/c1-18(2)42-32(40)26-19(3)35-33-37(28(26)21-10-13-23(41-4)14-11-21)31(39)29(43-33)27-24-16-22(34)12-15-25(24)36(30(27)38)17-20-8-6-5-7-9-20/h5-16,18,28H,17H2,1-4H3/b29-27-/t28-/m1/s1. The number of allylic oxidation sites excluding steroid dienone is 1. The van der Waals surface area contributed by atoms with Crippen molar-refractivity contribution in [3.8, 4) is 5.75 Å². The molecule has 0 radical (unpaired) electrons. The van der Waals surface area contributed by atoms with Gasteiger partial charge in [-0.25, -0.2) is 9.79 Å². The minimum absolute atomic E-state index is 0.265. The quantitative estimate of drug-likeness (QED) is 0.276. The smallest absolute Gasteiger partial charge is 0.338 e. The first-order valence-corrected chi connectivity index (χ1v) is 15.3. The zero-order valence-corrected chi connectivity index (χ0v) is 26.4. The van der Waals surface area contributed by atoms with E-state index in [9.17, 15) is 14.4 Å². The van der Waals surface area contributed by atoms with Crippen LogP contribution in [0.1, 0.15) is 43.5 Å². The fourth-order valence-electron chi connectivity index (χ4n) is 5.46. The lowest BCUT2D eigenvalue weighted by atomic mass is 9.95. The van der Waals surface area contributed by atoms with Crippen molar-refractivity contribution in [3.05, 3.63) is 125 Å². The number of benzene rings is 3. The average molecular weight is 659 g/mol. The number of hydrogen-bond donors (Lipinski definition) is 0. The second kappa shape index (κ2) is 11.4. The molecule has 10 heteroatoms. The summed E-state index contributed by atoms with van der Waals surface area (Å²) in [5.41, 5.74) is 3.69. The van der Waals surface area contributed by atoms with E-state index in [1.807, 2.05) is 60.7 Å². The van der Waals surface area contributed by atoms with Crippen molar-refractivity contribution in [1.82, 2.24) is 4.57 Å². The first kappa shape index (κ1) is 28.8. The van der Waals surface area contributed by atoms with Crippen molar-refractivity contribution < 1.29 is 19.1 Å². The Hall–Kier alpha value is -4.28. The summed E-state index contributed by atoms with van der Waals surface area (Å²) >= 11 is 4.69. The number of halogens is 1. The minimum Gasteiger partial charge on any atom is -0.497 e. The van der Waals surface area contributed by atoms with Gasteiger partial charge in [-0.2, -0.15) is 0 Å². The third kappa shape index (κ3) is 5.14. The van der Waals surface area contributed by atoms with Gasteiger partial charge in [0.15, 0.2) is 4.80 Å². The molecule has 8 nitrogen and oxygen atoms in total. The number of hydrogen-bond acceptors (Lipinski definition) is 7. The predicted octanol–water partition coefficient (Wildman–Crippen LogP) is 4.87. The van der Waals surface area contributed by atoms with E-state index in [4.69, 9.17) is 14.5 Å². The van der Waals surface area contributed by atoms with Gasteiger partial charge in [-0.15, -0.1) is 0 Å². The molecule has 6 rings (SSSR count). The fourth-order valence-corrected chi connectivity index (χ4v) is 6.96. The summed E-state index contributed by atoms with van der Waals surface area (Å²) < 4.78 is 13.5. The van der Waals surface area contributed by atoms with E-state index >= 15 is 0 Å². The lowest BCUT2D eigenvalue weighted by Gasteiger charge is -2.25. The van der Waals surface area contributed by atoms with Gasteiger partial charge in [0.05, 0.1) is 48.3 Å². The number of rotatable bonds is 6. The molecule has 0 saturated heterocycles. The summed E-state index contributed by atoms with van der Waals surface area (Å²) in [7, 11) is 1.57. The van der Waals surface area contributed by atoms with Crippen LogP contribution in [0.5, 0.6) is 5.75 Å². The predicted molar refractivity (Wildman–Crippen MR) is 169 cm³/mol. The number of esters is 1. The molecule has 2 aliphatic heterocycles. The molecule has 0 spiro atoms. The molecular formula is C33H28BrN3O5S. The second-order valence-corrected chi connectivity index (χ2v) is 12.4. The number of anilines is 1. The van der Waals surface area contributed by atoms with E-state index in [1.165, 1.54) is 4.57 Å². The molecule has 43 heavy (non-hydrogen) atoms.